The van der Waals surface area contributed by atoms with E-state index in [2.05, 4.69) is 15.9 Å². The Labute approximate surface area is 260 Å². The monoisotopic (exact) mass is 676 g/mol. The summed E-state index contributed by atoms with van der Waals surface area (Å²) in [6.07, 6.45) is 1.88. The fourth-order valence-electron chi connectivity index (χ4n) is 7.22. The van der Waals surface area contributed by atoms with E-state index >= 15 is 0 Å². The Kier molecular flexibility index (Phi) is 7.10. The molecule has 2 aliphatic carbocycles. The van der Waals surface area contributed by atoms with Crippen LogP contribution in [0, 0.1) is 17.8 Å². The van der Waals surface area contributed by atoms with Crippen molar-refractivity contribution >= 4 is 62.8 Å². The molecule has 0 aromatic heterocycles. The average Bonchev–Trinajstić information content (AvgIpc) is 3.31. The van der Waals surface area contributed by atoms with Crippen LogP contribution in [-0.2, 0) is 25.7 Å². The summed E-state index contributed by atoms with van der Waals surface area (Å²) in [5.74, 6) is -5.30. The van der Waals surface area contributed by atoms with Crippen molar-refractivity contribution in [3.05, 3.63) is 65.2 Å². The highest BCUT2D eigenvalue weighted by Gasteiger charge is 2.76. The number of alkyl halides is 3. The molecular formula is C30H27BrCl2N2O7. The number of nitrogens with zero attached hydrogens (tertiary/aromatic N) is 2. The molecule has 220 valence electrons. The molecule has 1 N–H and O–H groups in total. The lowest BCUT2D eigenvalue weighted by Crippen LogP contribution is -2.60. The number of fused-ring (bicyclic) bond motifs is 4. The number of allylic oxidation sites excluding steroid dienone is 2. The number of aromatic hydroxyl groups is 1. The summed E-state index contributed by atoms with van der Waals surface area (Å²) < 4.78 is 10.9. The first-order valence-electron chi connectivity index (χ1n) is 13.4. The number of phenols is 1. The second-order valence-electron chi connectivity index (χ2n) is 11.0. The van der Waals surface area contributed by atoms with Crippen molar-refractivity contribution < 1.29 is 33.8 Å². The highest BCUT2D eigenvalue weighted by Crippen LogP contribution is 2.67. The van der Waals surface area contributed by atoms with Crippen LogP contribution >= 0.6 is 39.1 Å². The van der Waals surface area contributed by atoms with Crippen LogP contribution in [0.2, 0.25) is 0 Å². The molecule has 12 heteroatoms. The Morgan fingerprint density at radius 1 is 0.976 bits per heavy atom. The minimum Gasteiger partial charge on any atom is -0.507 e. The molecular weight excluding hydrogens is 651 g/mol. The molecule has 4 amide bonds. The zero-order chi connectivity index (χ0) is 30.1. The number of phenolic OH excluding ortho intramolecular Hbond substituents is 1. The van der Waals surface area contributed by atoms with Gasteiger partial charge in [-0.25, -0.2) is 0 Å². The molecule has 9 nitrogen and oxygen atoms in total. The number of rotatable bonds is 6. The molecule has 2 aromatic carbocycles. The van der Waals surface area contributed by atoms with Crippen LogP contribution in [0.5, 0.6) is 17.2 Å². The van der Waals surface area contributed by atoms with E-state index in [0.717, 1.165) is 10.5 Å². The molecule has 0 unspecified atom stereocenters. The van der Waals surface area contributed by atoms with Crippen LogP contribution in [0.3, 0.4) is 0 Å². The second-order valence-corrected chi connectivity index (χ2v) is 12.7. The first-order chi connectivity index (χ1) is 20.0. The average molecular weight is 678 g/mol. The number of benzene rings is 2. The molecule has 0 radical (unpaired) electrons. The van der Waals surface area contributed by atoms with Crippen molar-refractivity contribution in [1.82, 2.24) is 9.80 Å². The summed E-state index contributed by atoms with van der Waals surface area (Å²) in [5.41, 5.74) is 1.35. The Morgan fingerprint density at radius 3 is 2.33 bits per heavy atom. The fraction of sp³-hybridized carbons (Fsp3) is 0.400. The van der Waals surface area contributed by atoms with Gasteiger partial charge in [-0.1, -0.05) is 57.9 Å². The lowest BCUT2D eigenvalue weighted by Gasteiger charge is -2.51. The third-order valence-corrected chi connectivity index (χ3v) is 11.0. The van der Waals surface area contributed by atoms with Crippen LogP contribution in [0.15, 0.2) is 54.1 Å². The van der Waals surface area contributed by atoms with E-state index in [1.165, 1.54) is 31.3 Å². The van der Waals surface area contributed by atoms with Crippen molar-refractivity contribution in [2.45, 2.75) is 35.1 Å². The second kappa shape index (κ2) is 10.3. The van der Waals surface area contributed by atoms with E-state index in [-0.39, 0.29) is 53.7 Å². The predicted octanol–water partition coefficient (Wildman–Crippen LogP) is 4.32. The van der Waals surface area contributed by atoms with Crippen molar-refractivity contribution in [1.29, 1.82) is 0 Å². The molecule has 2 heterocycles. The molecule has 3 fully saturated rings. The van der Waals surface area contributed by atoms with Gasteiger partial charge in [-0.3, -0.25) is 29.0 Å². The Balaban J connectivity index is 1.53. The molecule has 42 heavy (non-hydrogen) atoms. The summed E-state index contributed by atoms with van der Waals surface area (Å²) in [6.45, 7) is 0.115. The topological polar surface area (TPSA) is 113 Å². The first-order valence-corrected chi connectivity index (χ1v) is 15.2. The highest BCUT2D eigenvalue weighted by atomic mass is 79.9. The van der Waals surface area contributed by atoms with Gasteiger partial charge in [0.2, 0.25) is 11.8 Å². The van der Waals surface area contributed by atoms with Crippen LogP contribution in [0.1, 0.15) is 29.9 Å². The smallest absolute Gasteiger partial charge is 0.254 e. The Morgan fingerprint density at radius 2 is 1.69 bits per heavy atom. The number of hydrogen-bond acceptors (Lipinski definition) is 7. The summed E-state index contributed by atoms with van der Waals surface area (Å²) in [6, 6.07) is 12.1. The number of likely N-dealkylation sites (tertiary alicyclic amines) is 2. The number of ether oxygens (including phenoxy) is 2. The number of hydrogen-bond donors (Lipinski definition) is 1. The summed E-state index contributed by atoms with van der Waals surface area (Å²) in [4.78, 5) is 53.5. The number of methoxy groups -OCH3 is 2. The van der Waals surface area contributed by atoms with Crippen molar-refractivity contribution in [2.75, 3.05) is 19.7 Å². The predicted molar refractivity (Wildman–Crippen MR) is 157 cm³/mol. The summed E-state index contributed by atoms with van der Waals surface area (Å²) >= 11 is 17.7. The van der Waals surface area contributed by atoms with Gasteiger partial charge in [-0.05, 0) is 24.3 Å². The van der Waals surface area contributed by atoms with E-state index in [4.69, 9.17) is 32.7 Å². The maximum atomic E-state index is 14.0. The quantitative estimate of drug-likeness (QED) is 0.210. The number of carbonyl (C=O) groups excluding carboxylic acids is 4. The number of carbonyl (C=O) groups is 4. The van der Waals surface area contributed by atoms with Crippen molar-refractivity contribution in [3.8, 4) is 17.2 Å². The minimum absolute atomic E-state index is 0.115. The molecule has 0 spiro atoms. The maximum absolute atomic E-state index is 14.0. The van der Waals surface area contributed by atoms with E-state index in [1.54, 1.807) is 0 Å². The summed E-state index contributed by atoms with van der Waals surface area (Å²) in [5, 5.41) is 11.3. The van der Waals surface area contributed by atoms with Gasteiger partial charge in [0.1, 0.15) is 17.2 Å². The lowest BCUT2D eigenvalue weighted by atomic mass is 9.56. The molecule has 2 aromatic rings. The van der Waals surface area contributed by atoms with Gasteiger partial charge < -0.3 is 14.6 Å². The third-order valence-electron chi connectivity index (χ3n) is 9.13. The SMILES string of the molecule is COc1cc(O)c([C@H]2C3=CC[C@@H]4C(=O)N(Cc5ccccc5)C(=O)[C@@H]4[C@@H]3C[C@@]3(Cl)C(=O)N(CBr)C(=O)[C@@]23Cl)c(OC)c1. The Bertz CT molecular complexity index is 1550. The largest absolute Gasteiger partial charge is 0.507 e. The molecule has 2 saturated heterocycles. The fourth-order valence-corrected chi connectivity index (χ4v) is 8.63. The number of imide groups is 2. The van der Waals surface area contributed by atoms with Crippen LogP contribution < -0.4 is 9.47 Å². The number of amides is 4. The highest BCUT2D eigenvalue weighted by molar-refractivity contribution is 9.09. The van der Waals surface area contributed by atoms with Crippen LogP contribution in [-0.4, -0.2) is 68.0 Å². The molecule has 6 atom stereocenters. The van der Waals surface area contributed by atoms with Gasteiger partial charge in [0.25, 0.3) is 11.8 Å². The Hall–Kier alpha value is -3.08. The van der Waals surface area contributed by atoms with Gasteiger partial charge in [0.15, 0.2) is 9.75 Å². The summed E-state index contributed by atoms with van der Waals surface area (Å²) in [7, 11) is 2.82. The normalized spacial score (nSPS) is 32.0. The van der Waals surface area contributed by atoms with Crippen molar-refractivity contribution in [2.24, 2.45) is 17.8 Å². The standard InChI is InChI=1S/C30H27BrCl2N2O7/c1-41-16-10-20(36)23(21(11-16)42-2)24-17-8-9-18-22(26(38)34(25(18)37)13-15-6-4-3-5-7-15)19(17)12-29(32)27(39)35(14-31)28(40)30(24,29)33/h3-8,10-11,18-19,22,24,36H,9,12-14H2,1-2H3/t18-,19+,22-,24+,29+,30-/m0/s1. The third kappa shape index (κ3) is 3.80. The maximum Gasteiger partial charge on any atom is 0.254 e. The van der Waals surface area contributed by atoms with Crippen LogP contribution in [0.4, 0.5) is 0 Å². The molecule has 6 rings (SSSR count). The van der Waals surface area contributed by atoms with Gasteiger partial charge in [-0.15, -0.1) is 23.2 Å². The lowest BCUT2D eigenvalue weighted by molar-refractivity contribution is -0.141. The zero-order valence-electron chi connectivity index (χ0n) is 22.7. The molecule has 4 aliphatic rings. The van der Waals surface area contributed by atoms with E-state index < -0.39 is 45.2 Å². The minimum atomic E-state index is -2.07. The zero-order valence-corrected chi connectivity index (χ0v) is 25.8. The number of halogens is 3. The van der Waals surface area contributed by atoms with Gasteiger partial charge in [0, 0.05) is 23.6 Å². The van der Waals surface area contributed by atoms with Crippen LogP contribution in [0.25, 0.3) is 0 Å². The van der Waals surface area contributed by atoms with Gasteiger partial charge in [-0.2, -0.15) is 0 Å². The molecule has 0 bridgehead atoms. The van der Waals surface area contributed by atoms with E-state index in [1.807, 2.05) is 36.4 Å². The van der Waals surface area contributed by atoms with Crippen molar-refractivity contribution in [3.63, 3.8) is 0 Å². The molecule has 1 saturated carbocycles. The molecule has 2 aliphatic heterocycles. The van der Waals surface area contributed by atoms with E-state index in [0.29, 0.717) is 11.3 Å². The van der Waals surface area contributed by atoms with E-state index in [9.17, 15) is 24.3 Å². The first kappa shape index (κ1) is 29.0. The van der Waals surface area contributed by atoms with Gasteiger partial charge in [0.05, 0.1) is 38.1 Å². The van der Waals surface area contributed by atoms with Gasteiger partial charge >= 0.3 is 0 Å².